The number of benzene rings is 1. The van der Waals surface area contributed by atoms with Gasteiger partial charge in [-0.3, -0.25) is 24.3 Å². The lowest BCUT2D eigenvalue weighted by molar-refractivity contribution is -0.261. The van der Waals surface area contributed by atoms with Crippen molar-refractivity contribution in [2.75, 3.05) is 0 Å². The Morgan fingerprint density at radius 3 is 2.11 bits per heavy atom. The summed E-state index contributed by atoms with van der Waals surface area (Å²) in [5.41, 5.74) is 0.146. The zero-order valence-electron chi connectivity index (χ0n) is 17.5. The molecular weight excluding hydrogens is 862 g/mol. The van der Waals surface area contributed by atoms with Gasteiger partial charge in [-0.1, -0.05) is 0 Å². The summed E-state index contributed by atoms with van der Waals surface area (Å²) in [6.07, 6.45) is -9.65. The molecule has 2 N–H and O–H groups in total. The van der Waals surface area contributed by atoms with Gasteiger partial charge in [-0.15, -0.1) is 0 Å². The van der Waals surface area contributed by atoms with E-state index in [1.165, 1.54) is 6.07 Å². The summed E-state index contributed by atoms with van der Waals surface area (Å²) in [7, 11) is -6.61. The number of carbonyl (C=O) groups is 3. The number of alkyl halides is 5. The molecule has 2 aliphatic rings. The van der Waals surface area contributed by atoms with Gasteiger partial charge in [0, 0.05) is 10.7 Å². The molecular formula is C19H15F5I3NO7S. The minimum Gasteiger partial charge on any atom is -0.444 e. The summed E-state index contributed by atoms with van der Waals surface area (Å²) in [4.78, 5) is 38.5. The zero-order chi connectivity index (χ0) is 27.4. The van der Waals surface area contributed by atoms with Gasteiger partial charge in [0.2, 0.25) is 5.91 Å². The molecule has 1 aromatic carbocycles. The van der Waals surface area contributed by atoms with Crippen molar-refractivity contribution in [1.82, 2.24) is 5.32 Å². The van der Waals surface area contributed by atoms with E-state index in [1.54, 1.807) is 6.07 Å². The average molecular weight is 877 g/mol. The first-order valence-electron chi connectivity index (χ1n) is 9.98. The molecule has 2 fully saturated rings. The fraction of sp³-hybridized carbons (Fsp3) is 0.526. The summed E-state index contributed by atoms with van der Waals surface area (Å²) in [5.74, 6) is -7.85. The molecule has 3 rings (SSSR count). The first-order valence-corrected chi connectivity index (χ1v) is 14.7. The number of halogens is 8. The Hall–Kier alpha value is -0.420. The van der Waals surface area contributed by atoms with E-state index < -0.39 is 69.1 Å². The monoisotopic (exact) mass is 877 g/mol. The maximum absolute atomic E-state index is 13.9. The number of carbonyl (C=O) groups excluding carboxylic acids is 3. The zero-order valence-corrected chi connectivity index (χ0v) is 24.8. The van der Waals surface area contributed by atoms with Crippen LogP contribution in [0, 0.1) is 34.4 Å². The molecule has 0 heterocycles. The molecule has 0 saturated heterocycles. The van der Waals surface area contributed by atoms with E-state index >= 15 is 0 Å². The van der Waals surface area contributed by atoms with Gasteiger partial charge in [0.1, 0.15) is 0 Å². The number of esters is 1. The summed E-state index contributed by atoms with van der Waals surface area (Å²) in [5, 5.41) is -3.75. The van der Waals surface area contributed by atoms with E-state index in [0.717, 1.165) is 3.57 Å². The molecule has 2 bridgehead atoms. The molecule has 17 heteroatoms. The molecule has 36 heavy (non-hydrogen) atoms. The van der Waals surface area contributed by atoms with Crippen molar-refractivity contribution in [3.63, 3.8) is 0 Å². The lowest BCUT2D eigenvalue weighted by Gasteiger charge is -2.31. The Morgan fingerprint density at radius 1 is 1.03 bits per heavy atom. The van der Waals surface area contributed by atoms with E-state index in [2.05, 4.69) is 10.1 Å². The second-order valence-corrected chi connectivity index (χ2v) is 13.3. The van der Waals surface area contributed by atoms with Crippen LogP contribution in [0.25, 0.3) is 0 Å². The molecule has 0 aromatic heterocycles. The van der Waals surface area contributed by atoms with Crippen LogP contribution in [0.2, 0.25) is 0 Å². The van der Waals surface area contributed by atoms with Crippen molar-refractivity contribution in [2.24, 2.45) is 23.7 Å². The summed E-state index contributed by atoms with van der Waals surface area (Å²) in [6, 6.07) is 3.29. The summed E-state index contributed by atoms with van der Waals surface area (Å²) >= 11 is 5.84. The summed E-state index contributed by atoms with van der Waals surface area (Å²) in [6.45, 7) is 0. The van der Waals surface area contributed by atoms with Gasteiger partial charge < -0.3 is 4.74 Å². The number of hydrogen-bond acceptors (Lipinski definition) is 6. The predicted molar refractivity (Wildman–Crippen MR) is 137 cm³/mol. The van der Waals surface area contributed by atoms with Crippen molar-refractivity contribution < 1.29 is 54.0 Å². The third-order valence-corrected chi connectivity index (χ3v) is 10.7. The highest BCUT2D eigenvalue weighted by Gasteiger charge is 2.67. The van der Waals surface area contributed by atoms with Crippen LogP contribution >= 0.6 is 67.8 Å². The quantitative estimate of drug-likeness (QED) is 0.109. The molecule has 8 nitrogen and oxygen atoms in total. The van der Waals surface area contributed by atoms with Crippen molar-refractivity contribution in [3.8, 4) is 0 Å². The van der Waals surface area contributed by atoms with Crippen molar-refractivity contribution in [2.45, 2.75) is 36.8 Å². The van der Waals surface area contributed by atoms with Gasteiger partial charge in [0.15, 0.2) is 0 Å². The van der Waals surface area contributed by atoms with Crippen LogP contribution in [0.5, 0.6) is 0 Å². The van der Waals surface area contributed by atoms with Gasteiger partial charge in [0.25, 0.3) is 12.0 Å². The maximum Gasteiger partial charge on any atom is 0.432 e. The molecule has 1 aromatic rings. The predicted octanol–water partition coefficient (Wildman–Crippen LogP) is 4.37. The smallest absolute Gasteiger partial charge is 0.432 e. The Morgan fingerprint density at radius 2 is 1.58 bits per heavy atom. The van der Waals surface area contributed by atoms with Crippen LogP contribution in [0.1, 0.15) is 29.6 Å². The van der Waals surface area contributed by atoms with Gasteiger partial charge in [0.05, 0.1) is 17.4 Å². The van der Waals surface area contributed by atoms with Crippen LogP contribution in [0.4, 0.5) is 22.0 Å². The Bertz CT molecular complexity index is 1210. The molecule has 2 amide bonds. The number of imide groups is 1. The highest BCUT2D eigenvalue weighted by Crippen LogP contribution is 2.53. The largest absolute Gasteiger partial charge is 0.444 e. The number of amides is 2. The van der Waals surface area contributed by atoms with Crippen LogP contribution in [0.15, 0.2) is 12.1 Å². The van der Waals surface area contributed by atoms with Crippen LogP contribution in [-0.4, -0.2) is 48.3 Å². The first-order chi connectivity index (χ1) is 16.4. The highest BCUT2D eigenvalue weighted by molar-refractivity contribution is 14.1. The minimum absolute atomic E-state index is 0.146. The standard InChI is InChI=1S/C19H15F5I3NO7S/c20-18(21,22)17(19(23,24)36(32,33)34)35-16(31)12-7-2-1-6(3-7)11(12)15(30)28-14(29)9-4-8(25)5-10(26)13(9)27/h4-7,11-12,17H,1-3H2,(H,28,29,30)(H,32,33,34). The Kier molecular flexibility index (Phi) is 8.89. The van der Waals surface area contributed by atoms with Crippen molar-refractivity contribution in [1.29, 1.82) is 0 Å². The van der Waals surface area contributed by atoms with E-state index in [9.17, 15) is 44.8 Å². The SMILES string of the molecule is O=C(NC(=O)C1C2CCC(C2)C1C(=O)OC(C(F)(F)F)C(F)(F)S(=O)(=O)O)c1cc(I)cc(I)c1I. The molecule has 2 aliphatic carbocycles. The lowest BCUT2D eigenvalue weighted by Crippen LogP contribution is -2.53. The van der Waals surface area contributed by atoms with Gasteiger partial charge in [-0.05, 0) is 111 Å². The second kappa shape index (κ2) is 10.6. The number of rotatable bonds is 6. The number of nitrogens with one attached hydrogen (secondary N) is 1. The molecule has 0 radical (unpaired) electrons. The van der Waals surface area contributed by atoms with E-state index in [4.69, 9.17) is 4.55 Å². The topological polar surface area (TPSA) is 127 Å². The number of fused-ring (bicyclic) bond motifs is 2. The van der Waals surface area contributed by atoms with Crippen LogP contribution < -0.4 is 5.32 Å². The van der Waals surface area contributed by atoms with Gasteiger partial charge in [-0.25, -0.2) is 0 Å². The van der Waals surface area contributed by atoms with E-state index in [-0.39, 0.29) is 12.0 Å². The molecule has 0 aliphatic heterocycles. The average Bonchev–Trinajstić information content (AvgIpc) is 3.34. The maximum atomic E-state index is 13.9. The Labute approximate surface area is 242 Å². The van der Waals surface area contributed by atoms with E-state index in [0.29, 0.717) is 20.0 Å². The molecule has 200 valence electrons. The first kappa shape index (κ1) is 30.1. The highest BCUT2D eigenvalue weighted by atomic mass is 127. The fourth-order valence-electron chi connectivity index (χ4n) is 4.65. The van der Waals surface area contributed by atoms with Gasteiger partial charge in [-0.2, -0.15) is 30.4 Å². The second-order valence-electron chi connectivity index (χ2n) is 8.35. The third kappa shape index (κ3) is 5.92. The molecule has 2 saturated carbocycles. The van der Waals surface area contributed by atoms with Crippen molar-refractivity contribution in [3.05, 3.63) is 28.4 Å². The molecule has 5 unspecified atom stereocenters. The van der Waals surface area contributed by atoms with E-state index in [1.807, 2.05) is 67.8 Å². The lowest BCUT2D eigenvalue weighted by atomic mass is 9.78. The van der Waals surface area contributed by atoms with Crippen LogP contribution in [-0.2, 0) is 24.4 Å². The Balaban J connectivity index is 1.86. The van der Waals surface area contributed by atoms with Crippen LogP contribution in [0.3, 0.4) is 0 Å². The molecule has 0 spiro atoms. The normalized spacial score (nSPS) is 24.9. The minimum atomic E-state index is -6.61. The molecule has 5 atom stereocenters. The fourth-order valence-corrected chi connectivity index (χ4v) is 7.50. The summed E-state index contributed by atoms with van der Waals surface area (Å²) < 4.78 is 104. The van der Waals surface area contributed by atoms with Crippen molar-refractivity contribution >= 4 is 95.7 Å². The number of hydrogen-bond donors (Lipinski definition) is 2. The number of ether oxygens (including phenoxy) is 1. The van der Waals surface area contributed by atoms with Gasteiger partial charge >= 0.3 is 27.5 Å². The third-order valence-electron chi connectivity index (χ3n) is 6.15.